The zero-order valence-corrected chi connectivity index (χ0v) is 28.0. The number of fused-ring (bicyclic) bond motifs is 3. The second kappa shape index (κ2) is 12.5. The van der Waals surface area contributed by atoms with Crippen molar-refractivity contribution in [1.82, 2.24) is 0 Å². The number of rotatable bonds is 12. The van der Waals surface area contributed by atoms with Crippen LogP contribution >= 0.6 is 0 Å². The van der Waals surface area contributed by atoms with Crippen LogP contribution in [0.2, 0.25) is 0 Å². The molecule has 0 aromatic rings. The summed E-state index contributed by atoms with van der Waals surface area (Å²) >= 11 is 0. The third kappa shape index (κ3) is 5.13. The molecule has 0 heterocycles. The molecule has 2 saturated carbocycles. The molecule has 2 fully saturated rings. The van der Waals surface area contributed by atoms with E-state index in [0.717, 1.165) is 31.3 Å². The molecule has 0 aromatic carbocycles. The lowest BCUT2D eigenvalue weighted by Crippen LogP contribution is -2.66. The Bertz CT molecular complexity index is 1250. The fourth-order valence-electron chi connectivity index (χ4n) is 8.77. The molecule has 4 aliphatic rings. The molecule has 0 radical (unpaired) electrons. The molecule has 0 unspecified atom stereocenters. The van der Waals surface area contributed by atoms with Crippen LogP contribution in [0.3, 0.4) is 0 Å². The van der Waals surface area contributed by atoms with Crippen LogP contribution in [0.1, 0.15) is 113 Å². The predicted octanol–water partition coefficient (Wildman–Crippen LogP) is 5.53. The molecule has 0 saturated heterocycles. The van der Waals surface area contributed by atoms with Gasteiger partial charge in [-0.2, -0.15) is 0 Å². The monoisotopic (exact) mass is 614 g/mol. The molecule has 8 nitrogen and oxygen atoms in total. The third-order valence-corrected chi connectivity index (χ3v) is 11.6. The van der Waals surface area contributed by atoms with Crippen molar-refractivity contribution < 1.29 is 39.2 Å². The van der Waals surface area contributed by atoms with Crippen molar-refractivity contribution in [3.05, 3.63) is 34.4 Å². The number of aliphatic hydroxyl groups excluding tert-OH is 2. The van der Waals surface area contributed by atoms with Gasteiger partial charge in [-0.25, -0.2) is 4.79 Å². The van der Waals surface area contributed by atoms with Crippen LogP contribution in [0.4, 0.5) is 0 Å². The quantitative estimate of drug-likeness (QED) is 0.113. The number of hydrogen-bond acceptors (Lipinski definition) is 8. The number of aliphatic hydroxyl groups is 3. The summed E-state index contributed by atoms with van der Waals surface area (Å²) in [7, 11) is 0. The zero-order valence-electron chi connectivity index (χ0n) is 28.0. The Morgan fingerprint density at radius 1 is 1.05 bits per heavy atom. The van der Waals surface area contributed by atoms with E-state index in [4.69, 9.17) is 9.47 Å². The van der Waals surface area contributed by atoms with Gasteiger partial charge < -0.3 is 24.8 Å². The van der Waals surface area contributed by atoms with Crippen molar-refractivity contribution in [2.75, 3.05) is 6.61 Å². The van der Waals surface area contributed by atoms with Crippen LogP contribution < -0.4 is 0 Å². The number of hydrogen-bond donors (Lipinski definition) is 3. The van der Waals surface area contributed by atoms with E-state index >= 15 is 0 Å². The van der Waals surface area contributed by atoms with Gasteiger partial charge in [0.05, 0.1) is 12.0 Å². The molecule has 0 aliphatic heterocycles. The molecule has 0 aromatic heterocycles. The first-order valence-electron chi connectivity index (χ1n) is 16.6. The minimum absolute atomic E-state index is 0.0934. The number of ketones is 1. The second-order valence-electron chi connectivity index (χ2n) is 14.7. The summed E-state index contributed by atoms with van der Waals surface area (Å²) in [6.45, 7) is 14.3. The third-order valence-electron chi connectivity index (χ3n) is 11.6. The highest BCUT2D eigenvalue weighted by molar-refractivity contribution is 5.96. The maximum absolute atomic E-state index is 14.8. The molecule has 0 amide bonds. The average Bonchev–Trinajstić information content (AvgIpc) is 3.36. The number of Topliss-reactive ketones (excluding diaryl/α,β-unsaturated/α-hetero) is 1. The molecule has 2 bridgehead atoms. The van der Waals surface area contributed by atoms with Gasteiger partial charge in [0.2, 0.25) is 0 Å². The summed E-state index contributed by atoms with van der Waals surface area (Å²) in [5.74, 6) is -3.07. The molecule has 246 valence electrons. The standard InChI is InChI=1S/C36H54O8/c1-9-10-11-12-13-14-15-16-27(38)44-35-19-23(5)34-18-22(4)31(43-32(41)24(6)21(2)3)36(34,42)29(39)25(20-37)17-26(30(34)40)28(35)33(35,7)8/h17-18,23,26,28-29,31,37,39,42H,9-16,19-20H2,1-8H3/t23-,26+,28-,29-,31+,34+,35+,36+/m1/s1. The van der Waals surface area contributed by atoms with Crippen LogP contribution in [0.15, 0.2) is 34.4 Å². The van der Waals surface area contributed by atoms with Gasteiger partial charge in [0.25, 0.3) is 0 Å². The Labute approximate surface area is 263 Å². The first-order valence-corrected chi connectivity index (χ1v) is 16.6. The lowest BCUT2D eigenvalue weighted by atomic mass is 9.59. The predicted molar refractivity (Wildman–Crippen MR) is 167 cm³/mol. The van der Waals surface area contributed by atoms with Crippen LogP contribution in [-0.4, -0.2) is 63.1 Å². The summed E-state index contributed by atoms with van der Waals surface area (Å²) in [6.07, 6.45) is 8.44. The molecule has 8 heteroatoms. The minimum Gasteiger partial charge on any atom is -0.458 e. The lowest BCUT2D eigenvalue weighted by Gasteiger charge is -2.49. The number of carbonyl (C=O) groups excluding carboxylic acids is 3. The largest absolute Gasteiger partial charge is 0.458 e. The Balaban J connectivity index is 1.69. The highest BCUT2D eigenvalue weighted by Crippen LogP contribution is 2.75. The van der Waals surface area contributed by atoms with E-state index in [1.54, 1.807) is 39.8 Å². The number of esters is 2. The first-order chi connectivity index (χ1) is 20.6. The van der Waals surface area contributed by atoms with Gasteiger partial charge in [0.1, 0.15) is 11.7 Å². The Hall–Kier alpha value is -2.29. The van der Waals surface area contributed by atoms with Crippen LogP contribution in [-0.2, 0) is 23.9 Å². The molecule has 4 aliphatic carbocycles. The highest BCUT2D eigenvalue weighted by atomic mass is 16.6. The van der Waals surface area contributed by atoms with E-state index in [9.17, 15) is 29.7 Å². The van der Waals surface area contributed by atoms with E-state index in [1.807, 2.05) is 20.8 Å². The van der Waals surface area contributed by atoms with Crippen molar-refractivity contribution in [3.8, 4) is 0 Å². The fourth-order valence-corrected chi connectivity index (χ4v) is 8.77. The van der Waals surface area contributed by atoms with E-state index in [1.165, 1.54) is 19.3 Å². The summed E-state index contributed by atoms with van der Waals surface area (Å²) in [4.78, 5) is 41.3. The van der Waals surface area contributed by atoms with Gasteiger partial charge in [-0.3, -0.25) is 9.59 Å². The van der Waals surface area contributed by atoms with Crippen LogP contribution in [0.5, 0.6) is 0 Å². The van der Waals surface area contributed by atoms with Crippen molar-refractivity contribution in [1.29, 1.82) is 0 Å². The summed E-state index contributed by atoms with van der Waals surface area (Å²) < 4.78 is 12.3. The normalized spacial score (nSPS) is 36.6. The number of unbranched alkanes of at least 4 members (excludes halogenated alkanes) is 6. The van der Waals surface area contributed by atoms with E-state index in [2.05, 4.69) is 6.92 Å². The lowest BCUT2D eigenvalue weighted by molar-refractivity contribution is -0.203. The molecule has 3 N–H and O–H groups in total. The van der Waals surface area contributed by atoms with E-state index in [0.29, 0.717) is 24.0 Å². The topological polar surface area (TPSA) is 130 Å². The van der Waals surface area contributed by atoms with Crippen molar-refractivity contribution in [2.45, 2.75) is 137 Å². The Morgan fingerprint density at radius 2 is 1.66 bits per heavy atom. The maximum atomic E-state index is 14.8. The zero-order chi connectivity index (χ0) is 32.8. The van der Waals surface area contributed by atoms with Gasteiger partial charge in [-0.1, -0.05) is 83.9 Å². The van der Waals surface area contributed by atoms with Crippen molar-refractivity contribution in [2.24, 2.45) is 28.6 Å². The van der Waals surface area contributed by atoms with Gasteiger partial charge in [-0.15, -0.1) is 0 Å². The molecular formula is C36H54O8. The van der Waals surface area contributed by atoms with Crippen LogP contribution in [0.25, 0.3) is 0 Å². The summed E-state index contributed by atoms with van der Waals surface area (Å²) in [5.41, 5.74) is -3.74. The Kier molecular flexibility index (Phi) is 9.81. The number of ether oxygens (including phenoxy) is 2. The SMILES string of the molecule is CCCCCCCCCC(=O)O[C@@]12C[C@@H](C)[C@]34C=C(C)[C@H](OC(=O)C(C)=C(C)C)[C@@]3(O)[C@H](O)C(CO)=C[C@H](C4=O)[C@@H]1C2(C)C. The van der Waals surface area contributed by atoms with Gasteiger partial charge in [0.15, 0.2) is 17.5 Å². The van der Waals surface area contributed by atoms with Gasteiger partial charge in [0, 0.05) is 29.2 Å². The van der Waals surface area contributed by atoms with Crippen molar-refractivity contribution >= 4 is 17.7 Å². The molecule has 8 atom stereocenters. The average molecular weight is 615 g/mol. The molecule has 1 spiro atoms. The smallest absolute Gasteiger partial charge is 0.334 e. The van der Waals surface area contributed by atoms with Crippen LogP contribution in [0, 0.1) is 28.6 Å². The summed E-state index contributed by atoms with van der Waals surface area (Å²) in [6, 6.07) is 0. The number of carbonyl (C=O) groups is 3. The second-order valence-corrected chi connectivity index (χ2v) is 14.7. The molecule has 4 rings (SSSR count). The van der Waals surface area contributed by atoms with Gasteiger partial charge in [-0.05, 0) is 57.6 Å². The molecule has 44 heavy (non-hydrogen) atoms. The Morgan fingerprint density at radius 3 is 2.25 bits per heavy atom. The summed E-state index contributed by atoms with van der Waals surface area (Å²) in [5, 5.41) is 34.9. The fraction of sp³-hybridized carbons (Fsp3) is 0.750. The number of allylic oxidation sites excluding steroid dienone is 2. The van der Waals surface area contributed by atoms with E-state index < -0.39 is 64.6 Å². The molecular weight excluding hydrogens is 560 g/mol. The first kappa shape index (κ1) is 34.6. The van der Waals surface area contributed by atoms with Crippen molar-refractivity contribution in [3.63, 3.8) is 0 Å². The maximum Gasteiger partial charge on any atom is 0.334 e. The minimum atomic E-state index is -2.27. The van der Waals surface area contributed by atoms with Gasteiger partial charge >= 0.3 is 11.9 Å². The van der Waals surface area contributed by atoms with E-state index in [-0.39, 0.29) is 17.3 Å². The highest BCUT2D eigenvalue weighted by Gasteiger charge is 2.83.